The topological polar surface area (TPSA) is 0 Å². The van der Waals surface area contributed by atoms with E-state index in [2.05, 4.69) is 20.4 Å². The van der Waals surface area contributed by atoms with Crippen LogP contribution in [0.1, 0.15) is 39.5 Å². The maximum atomic E-state index is 4.08. The molecule has 0 amide bonds. The van der Waals surface area contributed by atoms with Gasteiger partial charge in [0.25, 0.3) is 0 Å². The molecular weight excluding hydrogens is 120 g/mol. The van der Waals surface area contributed by atoms with E-state index >= 15 is 0 Å². The Morgan fingerprint density at radius 3 is 1.90 bits per heavy atom. The zero-order valence-electron chi connectivity index (χ0n) is 7.19. The van der Waals surface area contributed by atoms with E-state index in [9.17, 15) is 0 Å². The highest BCUT2D eigenvalue weighted by atomic mass is 14.2. The minimum Gasteiger partial charge on any atom is -0.0998 e. The molecule has 0 N–H and O–H groups in total. The summed E-state index contributed by atoms with van der Waals surface area (Å²) in [6, 6.07) is 0. The second-order valence-electron chi connectivity index (χ2n) is 3.95. The Balaban J connectivity index is 2.46. The largest absolute Gasteiger partial charge is 0.0998 e. The highest BCUT2D eigenvalue weighted by Gasteiger charge is 2.14. The number of allylic oxidation sites excluding steroid dienone is 1. The molecule has 10 heavy (non-hydrogen) atoms. The molecule has 0 spiro atoms. The van der Waals surface area contributed by atoms with Gasteiger partial charge in [-0.1, -0.05) is 38.8 Å². The van der Waals surface area contributed by atoms with Crippen LogP contribution in [0, 0.1) is 11.8 Å². The second kappa shape index (κ2) is 3.23. The molecule has 2 atom stereocenters. The van der Waals surface area contributed by atoms with Crippen molar-refractivity contribution in [1.82, 2.24) is 0 Å². The van der Waals surface area contributed by atoms with E-state index in [0.717, 1.165) is 11.8 Å². The third-order valence-electron chi connectivity index (χ3n) is 2.43. The Labute approximate surface area is 64.3 Å². The molecule has 0 aromatic carbocycles. The first-order valence-electron chi connectivity index (χ1n) is 4.35. The first-order valence-corrected chi connectivity index (χ1v) is 4.35. The Kier molecular flexibility index (Phi) is 2.53. The SMILES string of the molecule is C=C1CC(C)CCC(C)C1. The van der Waals surface area contributed by atoms with Gasteiger partial charge in [0, 0.05) is 0 Å². The quantitative estimate of drug-likeness (QED) is 0.355. The summed E-state index contributed by atoms with van der Waals surface area (Å²) in [6.07, 6.45) is 5.34. The third-order valence-corrected chi connectivity index (χ3v) is 2.43. The molecule has 0 aromatic rings. The Hall–Kier alpha value is -0.260. The molecular formula is C10H18. The maximum absolute atomic E-state index is 4.08. The summed E-state index contributed by atoms with van der Waals surface area (Å²) in [7, 11) is 0. The van der Waals surface area contributed by atoms with Crippen LogP contribution in [0.4, 0.5) is 0 Å². The lowest BCUT2D eigenvalue weighted by atomic mass is 10.0. The lowest BCUT2D eigenvalue weighted by molar-refractivity contribution is 0.476. The van der Waals surface area contributed by atoms with E-state index in [1.54, 1.807) is 0 Å². The molecule has 1 fully saturated rings. The van der Waals surface area contributed by atoms with Gasteiger partial charge in [-0.2, -0.15) is 0 Å². The first-order chi connectivity index (χ1) is 4.68. The molecule has 0 aromatic heterocycles. The fraction of sp³-hybridized carbons (Fsp3) is 0.800. The van der Waals surface area contributed by atoms with E-state index in [1.165, 1.54) is 31.3 Å². The Morgan fingerprint density at radius 2 is 1.50 bits per heavy atom. The van der Waals surface area contributed by atoms with Crippen LogP contribution in [-0.4, -0.2) is 0 Å². The fourth-order valence-corrected chi connectivity index (χ4v) is 1.84. The summed E-state index contributed by atoms with van der Waals surface area (Å²) < 4.78 is 0. The summed E-state index contributed by atoms with van der Waals surface area (Å²) in [6.45, 7) is 8.75. The van der Waals surface area contributed by atoms with E-state index in [0.29, 0.717) is 0 Å². The van der Waals surface area contributed by atoms with Crippen molar-refractivity contribution in [3.63, 3.8) is 0 Å². The predicted octanol–water partition coefficient (Wildman–Crippen LogP) is 3.39. The minimum absolute atomic E-state index is 0.887. The average Bonchev–Trinajstić information content (AvgIpc) is 1.93. The van der Waals surface area contributed by atoms with Crippen molar-refractivity contribution in [3.8, 4) is 0 Å². The first kappa shape index (κ1) is 7.84. The molecule has 0 aliphatic heterocycles. The molecule has 0 saturated heterocycles. The molecule has 58 valence electrons. The lowest BCUT2D eigenvalue weighted by Gasteiger charge is -2.05. The molecule has 0 radical (unpaired) electrons. The average molecular weight is 138 g/mol. The summed E-state index contributed by atoms with van der Waals surface area (Å²) in [5.41, 5.74) is 1.47. The van der Waals surface area contributed by atoms with Crippen molar-refractivity contribution in [1.29, 1.82) is 0 Å². The fourth-order valence-electron chi connectivity index (χ4n) is 1.84. The van der Waals surface area contributed by atoms with Crippen LogP contribution in [-0.2, 0) is 0 Å². The molecule has 1 rings (SSSR count). The van der Waals surface area contributed by atoms with E-state index in [4.69, 9.17) is 0 Å². The number of hydrogen-bond acceptors (Lipinski definition) is 0. The smallest absolute Gasteiger partial charge is 0.0297 e. The Bertz CT molecular complexity index is 110. The molecule has 0 bridgehead atoms. The molecule has 0 heterocycles. The van der Waals surface area contributed by atoms with E-state index < -0.39 is 0 Å². The van der Waals surface area contributed by atoms with Crippen molar-refractivity contribution in [2.75, 3.05) is 0 Å². The van der Waals surface area contributed by atoms with Gasteiger partial charge >= 0.3 is 0 Å². The summed E-state index contributed by atoms with van der Waals surface area (Å²) in [5.74, 6) is 1.77. The summed E-state index contributed by atoms with van der Waals surface area (Å²) in [5, 5.41) is 0. The maximum Gasteiger partial charge on any atom is -0.0297 e. The molecule has 2 unspecified atom stereocenters. The van der Waals surface area contributed by atoms with Crippen LogP contribution in [0.5, 0.6) is 0 Å². The standard InChI is InChI=1S/C10H18/c1-8-4-5-9(2)7-10(3)6-8/h8-9H,3-7H2,1-2H3. The van der Waals surface area contributed by atoms with Gasteiger partial charge in [-0.3, -0.25) is 0 Å². The van der Waals surface area contributed by atoms with Crippen LogP contribution in [0.2, 0.25) is 0 Å². The van der Waals surface area contributed by atoms with Crippen LogP contribution in [0.25, 0.3) is 0 Å². The second-order valence-corrected chi connectivity index (χ2v) is 3.95. The molecule has 0 heteroatoms. The van der Waals surface area contributed by atoms with E-state index in [1.807, 2.05) is 0 Å². The van der Waals surface area contributed by atoms with Crippen molar-refractivity contribution >= 4 is 0 Å². The summed E-state index contributed by atoms with van der Waals surface area (Å²) in [4.78, 5) is 0. The van der Waals surface area contributed by atoms with Gasteiger partial charge in [0.05, 0.1) is 0 Å². The van der Waals surface area contributed by atoms with Crippen LogP contribution < -0.4 is 0 Å². The predicted molar refractivity (Wildman–Crippen MR) is 45.9 cm³/mol. The summed E-state index contributed by atoms with van der Waals surface area (Å²) >= 11 is 0. The zero-order chi connectivity index (χ0) is 7.56. The van der Waals surface area contributed by atoms with Gasteiger partial charge in [0.15, 0.2) is 0 Å². The van der Waals surface area contributed by atoms with Crippen LogP contribution in [0.3, 0.4) is 0 Å². The van der Waals surface area contributed by atoms with Gasteiger partial charge in [0.2, 0.25) is 0 Å². The number of hydrogen-bond donors (Lipinski definition) is 0. The van der Waals surface area contributed by atoms with Gasteiger partial charge in [0.1, 0.15) is 0 Å². The molecule has 1 saturated carbocycles. The van der Waals surface area contributed by atoms with Crippen molar-refractivity contribution < 1.29 is 0 Å². The van der Waals surface area contributed by atoms with Gasteiger partial charge in [-0.05, 0) is 24.7 Å². The minimum atomic E-state index is 0.887. The van der Waals surface area contributed by atoms with Crippen molar-refractivity contribution in [2.45, 2.75) is 39.5 Å². The molecule has 1 aliphatic carbocycles. The van der Waals surface area contributed by atoms with Gasteiger partial charge in [-0.25, -0.2) is 0 Å². The van der Waals surface area contributed by atoms with Crippen molar-refractivity contribution in [3.05, 3.63) is 12.2 Å². The lowest BCUT2D eigenvalue weighted by Crippen LogP contribution is -1.91. The van der Waals surface area contributed by atoms with Crippen molar-refractivity contribution in [2.24, 2.45) is 11.8 Å². The van der Waals surface area contributed by atoms with Crippen LogP contribution in [0.15, 0.2) is 12.2 Å². The number of rotatable bonds is 0. The highest BCUT2D eigenvalue weighted by Crippen LogP contribution is 2.28. The zero-order valence-corrected chi connectivity index (χ0v) is 7.19. The monoisotopic (exact) mass is 138 g/mol. The highest BCUT2D eigenvalue weighted by molar-refractivity contribution is 4.98. The van der Waals surface area contributed by atoms with Gasteiger partial charge < -0.3 is 0 Å². The molecule has 0 nitrogen and oxygen atoms in total. The van der Waals surface area contributed by atoms with Crippen LogP contribution >= 0.6 is 0 Å². The van der Waals surface area contributed by atoms with Gasteiger partial charge in [-0.15, -0.1) is 0 Å². The third kappa shape index (κ3) is 2.17. The van der Waals surface area contributed by atoms with E-state index in [-0.39, 0.29) is 0 Å². The normalized spacial score (nSPS) is 35.6. The Morgan fingerprint density at radius 1 is 1.10 bits per heavy atom. The molecule has 1 aliphatic rings.